The van der Waals surface area contributed by atoms with E-state index in [0.717, 1.165) is 5.56 Å². The highest BCUT2D eigenvalue weighted by molar-refractivity contribution is 5.90. The van der Waals surface area contributed by atoms with Gasteiger partial charge in [0.05, 0.1) is 11.1 Å². The Morgan fingerprint density at radius 3 is 2.70 bits per heavy atom. The monoisotopic (exact) mass is 280 g/mol. The summed E-state index contributed by atoms with van der Waals surface area (Å²) in [6.07, 6.45) is 0.395. The fourth-order valence-corrected chi connectivity index (χ4v) is 2.22. The molecule has 0 aromatic heterocycles. The molecule has 2 amide bonds. The molecule has 5 nitrogen and oxygen atoms in total. The number of hydrogen-bond acceptors (Lipinski definition) is 2. The summed E-state index contributed by atoms with van der Waals surface area (Å²) in [6, 6.07) is 4.05. The van der Waals surface area contributed by atoms with Crippen molar-refractivity contribution in [1.82, 2.24) is 4.90 Å². The summed E-state index contributed by atoms with van der Waals surface area (Å²) >= 11 is 0. The standard InChI is InChI=1S/C14H17FN2O3/c1-9-3-4-11(10(15)7-9)16-13(20)17-6-5-14(2,8-17)12(18)19/h3-4,7H,5-6,8H2,1-2H3,(H,16,20)(H,18,19). The van der Waals surface area contributed by atoms with Gasteiger partial charge in [-0.2, -0.15) is 0 Å². The second-order valence-corrected chi connectivity index (χ2v) is 5.45. The molecule has 1 heterocycles. The molecule has 0 spiro atoms. The number of likely N-dealkylation sites (tertiary alicyclic amines) is 1. The zero-order valence-electron chi connectivity index (χ0n) is 11.4. The van der Waals surface area contributed by atoms with Crippen molar-refractivity contribution in [2.75, 3.05) is 18.4 Å². The lowest BCUT2D eigenvalue weighted by atomic mass is 9.90. The molecule has 1 aliphatic heterocycles. The molecule has 0 bridgehead atoms. The second kappa shape index (κ2) is 5.11. The van der Waals surface area contributed by atoms with Crippen molar-refractivity contribution in [1.29, 1.82) is 0 Å². The lowest BCUT2D eigenvalue weighted by Gasteiger charge is -2.20. The van der Waals surface area contributed by atoms with E-state index in [4.69, 9.17) is 5.11 Å². The molecule has 0 aliphatic carbocycles. The van der Waals surface area contributed by atoms with E-state index in [2.05, 4.69) is 5.32 Å². The number of urea groups is 1. The maximum absolute atomic E-state index is 13.7. The number of halogens is 1. The van der Waals surface area contributed by atoms with E-state index in [1.165, 1.54) is 17.0 Å². The summed E-state index contributed by atoms with van der Waals surface area (Å²) in [4.78, 5) is 24.5. The molecule has 1 saturated heterocycles. The van der Waals surface area contributed by atoms with Gasteiger partial charge in [0.25, 0.3) is 0 Å². The van der Waals surface area contributed by atoms with Crippen LogP contribution in [0.15, 0.2) is 18.2 Å². The molecule has 20 heavy (non-hydrogen) atoms. The Morgan fingerprint density at radius 2 is 2.15 bits per heavy atom. The lowest BCUT2D eigenvalue weighted by Crippen LogP contribution is -2.37. The van der Waals surface area contributed by atoms with Crippen LogP contribution in [0.3, 0.4) is 0 Å². The molecule has 108 valence electrons. The number of anilines is 1. The van der Waals surface area contributed by atoms with Crippen molar-refractivity contribution in [2.45, 2.75) is 20.3 Å². The second-order valence-electron chi connectivity index (χ2n) is 5.45. The molecule has 1 aromatic rings. The van der Waals surface area contributed by atoms with E-state index in [1.54, 1.807) is 19.9 Å². The summed E-state index contributed by atoms with van der Waals surface area (Å²) in [6.45, 7) is 3.84. The normalized spacial score (nSPS) is 21.9. The summed E-state index contributed by atoms with van der Waals surface area (Å²) in [5.74, 6) is -1.42. The van der Waals surface area contributed by atoms with Gasteiger partial charge in [0.1, 0.15) is 5.82 Å². The van der Waals surface area contributed by atoms with Gasteiger partial charge in [0.15, 0.2) is 0 Å². The average Bonchev–Trinajstić information content (AvgIpc) is 2.77. The van der Waals surface area contributed by atoms with E-state index < -0.39 is 23.2 Å². The predicted octanol–water partition coefficient (Wildman–Crippen LogP) is 2.46. The Kier molecular flexibility index (Phi) is 3.65. The van der Waals surface area contributed by atoms with Crippen LogP contribution in [-0.4, -0.2) is 35.1 Å². The predicted molar refractivity (Wildman–Crippen MR) is 72.1 cm³/mol. The van der Waals surface area contributed by atoms with Gasteiger partial charge in [0.2, 0.25) is 0 Å². The van der Waals surface area contributed by atoms with Crippen LogP contribution in [0.5, 0.6) is 0 Å². The minimum atomic E-state index is -0.927. The van der Waals surface area contributed by atoms with Gasteiger partial charge in [-0.05, 0) is 38.0 Å². The molecular weight excluding hydrogens is 263 g/mol. The number of amides is 2. The highest BCUT2D eigenvalue weighted by Crippen LogP contribution is 2.30. The summed E-state index contributed by atoms with van der Waals surface area (Å²) in [5.41, 5.74) is -0.0620. The Morgan fingerprint density at radius 1 is 1.45 bits per heavy atom. The molecule has 1 fully saturated rings. The summed E-state index contributed by atoms with van der Waals surface area (Å²) in [7, 11) is 0. The zero-order valence-corrected chi connectivity index (χ0v) is 11.4. The molecule has 0 radical (unpaired) electrons. The van der Waals surface area contributed by atoms with Crippen molar-refractivity contribution in [2.24, 2.45) is 5.41 Å². The van der Waals surface area contributed by atoms with Crippen LogP contribution in [0.1, 0.15) is 18.9 Å². The molecule has 1 aliphatic rings. The Labute approximate surface area is 116 Å². The number of rotatable bonds is 2. The molecule has 1 aromatic carbocycles. The van der Waals surface area contributed by atoms with Gasteiger partial charge in [0, 0.05) is 13.1 Å². The van der Waals surface area contributed by atoms with Crippen molar-refractivity contribution in [3.8, 4) is 0 Å². The van der Waals surface area contributed by atoms with Crippen molar-refractivity contribution >= 4 is 17.7 Å². The van der Waals surface area contributed by atoms with Crippen LogP contribution >= 0.6 is 0 Å². The number of hydrogen-bond donors (Lipinski definition) is 2. The van der Waals surface area contributed by atoms with E-state index in [0.29, 0.717) is 13.0 Å². The lowest BCUT2D eigenvalue weighted by molar-refractivity contribution is -0.146. The SMILES string of the molecule is Cc1ccc(NC(=O)N2CCC(C)(C(=O)O)C2)c(F)c1. The van der Waals surface area contributed by atoms with E-state index >= 15 is 0 Å². The number of benzene rings is 1. The first-order valence-corrected chi connectivity index (χ1v) is 6.37. The van der Waals surface area contributed by atoms with Gasteiger partial charge in [-0.25, -0.2) is 9.18 Å². The molecule has 1 unspecified atom stereocenters. The molecule has 0 saturated carbocycles. The summed E-state index contributed by atoms with van der Waals surface area (Å²) in [5, 5.41) is 11.6. The largest absolute Gasteiger partial charge is 0.481 e. The Hall–Kier alpha value is -2.11. The van der Waals surface area contributed by atoms with E-state index in [1.807, 2.05) is 0 Å². The van der Waals surface area contributed by atoms with Gasteiger partial charge in [-0.3, -0.25) is 4.79 Å². The van der Waals surface area contributed by atoms with E-state index in [-0.39, 0.29) is 12.2 Å². The highest BCUT2D eigenvalue weighted by Gasteiger charge is 2.42. The average molecular weight is 280 g/mol. The van der Waals surface area contributed by atoms with Crippen LogP contribution in [0, 0.1) is 18.2 Å². The molecule has 2 rings (SSSR count). The van der Waals surface area contributed by atoms with E-state index in [9.17, 15) is 14.0 Å². The Bertz CT molecular complexity index is 561. The van der Waals surface area contributed by atoms with Crippen LogP contribution in [0.25, 0.3) is 0 Å². The number of nitrogens with zero attached hydrogens (tertiary/aromatic N) is 1. The minimum absolute atomic E-state index is 0.101. The number of aliphatic carboxylic acids is 1. The summed E-state index contributed by atoms with van der Waals surface area (Å²) < 4.78 is 13.7. The number of aryl methyl sites for hydroxylation is 1. The Balaban J connectivity index is 2.05. The zero-order chi connectivity index (χ0) is 14.9. The van der Waals surface area contributed by atoms with Crippen LogP contribution < -0.4 is 5.32 Å². The topological polar surface area (TPSA) is 69.6 Å². The quantitative estimate of drug-likeness (QED) is 0.874. The maximum Gasteiger partial charge on any atom is 0.321 e. The first-order chi connectivity index (χ1) is 9.32. The van der Waals surface area contributed by atoms with Gasteiger partial charge < -0.3 is 15.3 Å². The van der Waals surface area contributed by atoms with Gasteiger partial charge >= 0.3 is 12.0 Å². The van der Waals surface area contributed by atoms with Crippen LogP contribution in [-0.2, 0) is 4.79 Å². The molecular formula is C14H17FN2O3. The number of carboxylic acid groups (broad SMARTS) is 1. The van der Waals surface area contributed by atoms with Crippen molar-refractivity contribution < 1.29 is 19.1 Å². The van der Waals surface area contributed by atoms with Crippen molar-refractivity contribution in [3.05, 3.63) is 29.6 Å². The highest BCUT2D eigenvalue weighted by atomic mass is 19.1. The van der Waals surface area contributed by atoms with Gasteiger partial charge in [-0.15, -0.1) is 0 Å². The van der Waals surface area contributed by atoms with Gasteiger partial charge in [-0.1, -0.05) is 6.07 Å². The molecule has 6 heteroatoms. The molecule has 2 N–H and O–H groups in total. The fraction of sp³-hybridized carbons (Fsp3) is 0.429. The first-order valence-electron chi connectivity index (χ1n) is 6.37. The first kappa shape index (κ1) is 14.3. The third-order valence-corrected chi connectivity index (χ3v) is 3.64. The third kappa shape index (κ3) is 2.74. The van der Waals surface area contributed by atoms with Crippen LogP contribution in [0.2, 0.25) is 0 Å². The number of carbonyl (C=O) groups excluding carboxylic acids is 1. The number of carboxylic acids is 1. The van der Waals surface area contributed by atoms with Crippen LogP contribution in [0.4, 0.5) is 14.9 Å². The number of nitrogens with one attached hydrogen (secondary N) is 1. The maximum atomic E-state index is 13.7. The number of carbonyl (C=O) groups is 2. The third-order valence-electron chi connectivity index (χ3n) is 3.64. The minimum Gasteiger partial charge on any atom is -0.481 e. The smallest absolute Gasteiger partial charge is 0.321 e. The fourth-order valence-electron chi connectivity index (χ4n) is 2.22. The molecule has 1 atom stereocenters. The van der Waals surface area contributed by atoms with Crippen molar-refractivity contribution in [3.63, 3.8) is 0 Å².